The highest BCUT2D eigenvalue weighted by Gasteiger charge is 2.68. The van der Waals surface area contributed by atoms with E-state index in [0.717, 1.165) is 17.9 Å². The summed E-state index contributed by atoms with van der Waals surface area (Å²) in [6, 6.07) is 1.87. The molecule has 5 nitrogen and oxygen atoms in total. The molecule has 0 saturated carbocycles. The first-order chi connectivity index (χ1) is 9.16. The molecule has 4 heterocycles. The normalized spacial score (nSPS) is 22.4. The van der Waals surface area contributed by atoms with E-state index in [2.05, 4.69) is 25.2 Å². The number of rotatable bonds is 2. The average molecular weight is 278 g/mol. The molecule has 0 amide bonds. The summed E-state index contributed by atoms with van der Waals surface area (Å²) >= 11 is 5.97. The van der Waals surface area contributed by atoms with E-state index < -0.39 is 5.82 Å². The van der Waals surface area contributed by atoms with E-state index in [1.54, 1.807) is 13.2 Å². The maximum atomic E-state index is 13.4. The van der Waals surface area contributed by atoms with Gasteiger partial charge in [-0.1, -0.05) is 11.6 Å². The minimum atomic E-state index is -0.460. The second-order valence-electron chi connectivity index (χ2n) is 4.61. The Morgan fingerprint density at radius 2 is 2.26 bits per heavy atom. The summed E-state index contributed by atoms with van der Waals surface area (Å²) in [6.07, 6.45) is 2.81. The van der Waals surface area contributed by atoms with Crippen LogP contribution in [0.1, 0.15) is 11.4 Å². The Kier molecular flexibility index (Phi) is 1.91. The van der Waals surface area contributed by atoms with Gasteiger partial charge in [-0.15, -0.1) is 0 Å². The van der Waals surface area contributed by atoms with Crippen LogP contribution in [0.5, 0.6) is 0 Å². The summed E-state index contributed by atoms with van der Waals surface area (Å²) in [5.41, 5.74) is 0.653. The Morgan fingerprint density at radius 1 is 1.42 bits per heavy atom. The van der Waals surface area contributed by atoms with Gasteiger partial charge in [-0.25, -0.2) is 19.3 Å². The molecule has 0 aromatic carbocycles. The highest BCUT2D eigenvalue weighted by atomic mass is 35.5. The van der Waals surface area contributed by atoms with Gasteiger partial charge >= 0.3 is 0 Å². The zero-order valence-corrected chi connectivity index (χ0v) is 10.7. The molecule has 0 bridgehead atoms. The van der Waals surface area contributed by atoms with E-state index >= 15 is 0 Å². The highest BCUT2D eigenvalue weighted by molar-refractivity contribution is 6.30. The molecule has 0 aliphatic carbocycles. The largest absolute Gasteiger partial charge is 0.371 e. The molecule has 1 unspecified atom stereocenters. The third kappa shape index (κ3) is 1.22. The van der Waals surface area contributed by atoms with Gasteiger partial charge in [0, 0.05) is 18.8 Å². The fraction of sp³-hybridized carbons (Fsp3) is 0.250. The van der Waals surface area contributed by atoms with Crippen molar-refractivity contribution in [2.45, 2.75) is 5.54 Å². The van der Waals surface area contributed by atoms with Gasteiger partial charge in [0.2, 0.25) is 0 Å². The number of nitrogens with zero attached hydrogens (tertiary/aromatic N) is 4. The Hall–Kier alpha value is -1.95. The van der Waals surface area contributed by atoms with Crippen molar-refractivity contribution in [3.8, 4) is 0 Å². The molecule has 2 aromatic heterocycles. The number of hydrogen-bond donors (Lipinski definition) is 1. The van der Waals surface area contributed by atoms with Crippen LogP contribution in [-0.4, -0.2) is 28.5 Å². The third-order valence-electron chi connectivity index (χ3n) is 3.63. The van der Waals surface area contributed by atoms with Gasteiger partial charge in [-0.3, -0.25) is 0 Å². The summed E-state index contributed by atoms with van der Waals surface area (Å²) in [4.78, 5) is 14.7. The molecule has 1 atom stereocenters. The molecule has 96 valence electrons. The summed E-state index contributed by atoms with van der Waals surface area (Å²) < 4.78 is 13.4. The number of aromatic nitrogens is 3. The van der Waals surface area contributed by atoms with Crippen LogP contribution < -0.4 is 10.2 Å². The van der Waals surface area contributed by atoms with Crippen molar-refractivity contribution in [2.24, 2.45) is 0 Å². The van der Waals surface area contributed by atoms with Crippen LogP contribution in [-0.2, 0) is 5.54 Å². The zero-order valence-electron chi connectivity index (χ0n) is 9.98. The van der Waals surface area contributed by atoms with Crippen LogP contribution in [0.2, 0.25) is 5.02 Å². The van der Waals surface area contributed by atoms with Crippen molar-refractivity contribution >= 4 is 23.2 Å². The number of anilines is 2. The number of fused-ring (bicyclic) bond motifs is 4. The number of nitrogens with one attached hydrogen (secondary N) is 1. The van der Waals surface area contributed by atoms with Crippen LogP contribution in [0, 0.1) is 5.82 Å². The van der Waals surface area contributed by atoms with Crippen LogP contribution in [0.15, 0.2) is 18.5 Å². The van der Waals surface area contributed by atoms with E-state index in [-0.39, 0.29) is 11.4 Å². The Bertz CT molecular complexity index is 707. The maximum Gasteiger partial charge on any atom is 0.183 e. The molecule has 0 radical (unpaired) electrons. The SMILES string of the molecule is CNc1nc(C23CN2c2ncc(Cl)cc23)ncc1F. The number of halogens is 2. The molecule has 2 aromatic rings. The molecular weight excluding hydrogens is 269 g/mol. The minimum Gasteiger partial charge on any atom is -0.371 e. The topological polar surface area (TPSA) is 53.7 Å². The lowest BCUT2D eigenvalue weighted by Crippen LogP contribution is -2.31. The first-order valence-corrected chi connectivity index (χ1v) is 6.19. The second kappa shape index (κ2) is 3.33. The lowest BCUT2D eigenvalue weighted by molar-refractivity contribution is 0.604. The summed E-state index contributed by atoms with van der Waals surface area (Å²) in [6.45, 7) is 0.768. The molecule has 4 rings (SSSR count). The summed E-state index contributed by atoms with van der Waals surface area (Å²) in [7, 11) is 1.63. The van der Waals surface area contributed by atoms with Crippen molar-refractivity contribution in [3.05, 3.63) is 40.7 Å². The molecule has 1 saturated heterocycles. The predicted molar refractivity (Wildman–Crippen MR) is 68.9 cm³/mol. The Labute approximate surface area is 113 Å². The first-order valence-electron chi connectivity index (χ1n) is 5.81. The Morgan fingerprint density at radius 3 is 3.05 bits per heavy atom. The quantitative estimate of drug-likeness (QED) is 0.848. The van der Waals surface area contributed by atoms with Crippen LogP contribution in [0.4, 0.5) is 16.0 Å². The zero-order chi connectivity index (χ0) is 13.2. The molecule has 1 fully saturated rings. The molecule has 1 N–H and O–H groups in total. The second-order valence-corrected chi connectivity index (χ2v) is 5.05. The van der Waals surface area contributed by atoms with E-state index in [1.807, 2.05) is 6.07 Å². The summed E-state index contributed by atoms with van der Waals surface area (Å²) in [5, 5.41) is 3.31. The van der Waals surface area contributed by atoms with Gasteiger partial charge in [-0.05, 0) is 6.07 Å². The van der Waals surface area contributed by atoms with Gasteiger partial charge in [0.25, 0.3) is 0 Å². The first kappa shape index (κ1) is 10.9. The number of hydrogen-bond acceptors (Lipinski definition) is 5. The van der Waals surface area contributed by atoms with Crippen molar-refractivity contribution in [3.63, 3.8) is 0 Å². The van der Waals surface area contributed by atoms with E-state index in [0.29, 0.717) is 10.8 Å². The number of pyridine rings is 1. The van der Waals surface area contributed by atoms with E-state index in [4.69, 9.17) is 11.6 Å². The standard InChI is InChI=1S/C12H9ClFN5/c1-15-9-8(14)4-17-11(18-9)12-5-19(12)10-7(12)2-6(13)3-16-10/h2-4H,5H2,1H3,(H,15,17,18). The summed E-state index contributed by atoms with van der Waals surface area (Å²) in [5.74, 6) is 1.23. The predicted octanol–water partition coefficient (Wildman–Crippen LogP) is 1.78. The van der Waals surface area contributed by atoms with Crippen LogP contribution in [0.25, 0.3) is 0 Å². The molecule has 2 aliphatic rings. The van der Waals surface area contributed by atoms with Crippen molar-refractivity contribution < 1.29 is 4.39 Å². The fourth-order valence-corrected chi connectivity index (χ4v) is 2.79. The lowest BCUT2D eigenvalue weighted by Gasteiger charge is -2.28. The molecule has 0 spiro atoms. The fourth-order valence-electron chi connectivity index (χ4n) is 2.63. The van der Waals surface area contributed by atoms with Gasteiger partial charge in [-0.2, -0.15) is 0 Å². The highest BCUT2D eigenvalue weighted by Crippen LogP contribution is 2.61. The molecule has 2 aliphatic heterocycles. The van der Waals surface area contributed by atoms with Crippen molar-refractivity contribution in [2.75, 3.05) is 23.8 Å². The Balaban J connectivity index is 1.84. The monoisotopic (exact) mass is 277 g/mol. The van der Waals surface area contributed by atoms with E-state index in [9.17, 15) is 4.39 Å². The average Bonchev–Trinajstić information content (AvgIpc) is 3.08. The lowest BCUT2D eigenvalue weighted by atomic mass is 9.93. The van der Waals surface area contributed by atoms with Gasteiger partial charge in [0.1, 0.15) is 11.4 Å². The van der Waals surface area contributed by atoms with E-state index in [1.165, 1.54) is 6.20 Å². The van der Waals surface area contributed by atoms with Crippen LogP contribution >= 0.6 is 11.6 Å². The van der Waals surface area contributed by atoms with Gasteiger partial charge < -0.3 is 10.2 Å². The molecular formula is C12H9ClFN5. The maximum absolute atomic E-state index is 13.4. The smallest absolute Gasteiger partial charge is 0.183 e. The minimum absolute atomic E-state index is 0.203. The molecule has 19 heavy (non-hydrogen) atoms. The molecule has 7 heteroatoms. The van der Waals surface area contributed by atoms with Gasteiger partial charge in [0.15, 0.2) is 17.5 Å². The van der Waals surface area contributed by atoms with Crippen LogP contribution in [0.3, 0.4) is 0 Å². The van der Waals surface area contributed by atoms with Crippen molar-refractivity contribution in [1.29, 1.82) is 0 Å². The third-order valence-corrected chi connectivity index (χ3v) is 3.84. The van der Waals surface area contributed by atoms with Gasteiger partial charge in [0.05, 0.1) is 17.8 Å². The van der Waals surface area contributed by atoms with Crippen molar-refractivity contribution in [1.82, 2.24) is 15.0 Å².